The van der Waals surface area contributed by atoms with Crippen LogP contribution >= 0.6 is 24.0 Å². The minimum absolute atomic E-state index is 0. The normalized spacial score (nSPS) is 20.9. The van der Waals surface area contributed by atoms with E-state index in [4.69, 9.17) is 9.84 Å². The van der Waals surface area contributed by atoms with Crippen molar-refractivity contribution in [3.63, 3.8) is 0 Å². The number of piperazine rings is 1. The number of halogens is 1. The van der Waals surface area contributed by atoms with Crippen molar-refractivity contribution in [2.45, 2.75) is 38.8 Å². The van der Waals surface area contributed by atoms with Gasteiger partial charge in [-0.1, -0.05) is 0 Å². The lowest BCUT2D eigenvalue weighted by atomic mass is 10.2. The maximum Gasteiger partial charge on any atom is 0.410 e. The van der Waals surface area contributed by atoms with Gasteiger partial charge >= 0.3 is 6.09 Å². The van der Waals surface area contributed by atoms with Gasteiger partial charge in [-0.3, -0.25) is 4.99 Å². The van der Waals surface area contributed by atoms with E-state index in [2.05, 4.69) is 15.2 Å². The van der Waals surface area contributed by atoms with Crippen LogP contribution in [0.15, 0.2) is 4.99 Å². The number of aliphatic hydroxyl groups is 1. The highest BCUT2D eigenvalue weighted by molar-refractivity contribution is 14.0. The summed E-state index contributed by atoms with van der Waals surface area (Å²) < 4.78 is 5.42. The minimum Gasteiger partial charge on any atom is -0.444 e. The number of nitrogens with zero attached hydrogens (tertiary/aromatic N) is 3. The summed E-state index contributed by atoms with van der Waals surface area (Å²) in [6, 6.07) is 0.225. The van der Waals surface area contributed by atoms with Gasteiger partial charge < -0.3 is 25.0 Å². The summed E-state index contributed by atoms with van der Waals surface area (Å²) in [7, 11) is 0. The molecule has 0 aromatic rings. The monoisotopic (exact) mass is 426 g/mol. The van der Waals surface area contributed by atoms with Crippen molar-refractivity contribution < 1.29 is 14.6 Å². The molecule has 8 heteroatoms. The minimum atomic E-state index is -0.461. The van der Waals surface area contributed by atoms with Crippen LogP contribution in [-0.4, -0.2) is 77.9 Å². The Morgan fingerprint density at radius 3 is 2.82 bits per heavy atom. The third kappa shape index (κ3) is 5.15. The predicted molar refractivity (Wildman–Crippen MR) is 95.7 cm³/mol. The van der Waals surface area contributed by atoms with Gasteiger partial charge in [-0.2, -0.15) is 0 Å². The summed E-state index contributed by atoms with van der Waals surface area (Å²) >= 11 is 0. The Morgan fingerprint density at radius 2 is 2.18 bits per heavy atom. The van der Waals surface area contributed by atoms with E-state index >= 15 is 0 Å². The van der Waals surface area contributed by atoms with Crippen LogP contribution in [0.2, 0.25) is 0 Å². The molecule has 7 nitrogen and oxygen atoms in total. The average Bonchev–Trinajstić information content (AvgIpc) is 2.80. The summed E-state index contributed by atoms with van der Waals surface area (Å²) in [6.07, 6.45) is 0.463. The van der Waals surface area contributed by atoms with E-state index in [1.165, 1.54) is 0 Å². The molecule has 22 heavy (non-hydrogen) atoms. The number of carbonyl (C=O) groups is 1. The molecule has 0 bridgehead atoms. The van der Waals surface area contributed by atoms with Gasteiger partial charge in [0.05, 0.1) is 12.6 Å². The standard InChI is InChI=1S/C14H26N4O3.HI/c1-14(2,3)21-13(20)17-6-7-18-11(10-17)9-16-12(18)15-5-4-8-19;/h11,19H,4-10H2,1-3H3,(H,15,16);1H. The number of nitrogens with one attached hydrogen (secondary N) is 1. The fourth-order valence-corrected chi connectivity index (χ4v) is 2.50. The third-order valence-electron chi connectivity index (χ3n) is 3.48. The van der Waals surface area contributed by atoms with Crippen LogP contribution in [0.25, 0.3) is 0 Å². The highest BCUT2D eigenvalue weighted by Gasteiger charge is 2.36. The second kappa shape index (κ2) is 8.19. The SMILES string of the molecule is CC(C)(C)OC(=O)N1CCN2C(NCCCO)=NCC2C1.I. The second-order valence-electron chi connectivity index (χ2n) is 6.44. The number of rotatable bonds is 3. The van der Waals surface area contributed by atoms with Gasteiger partial charge in [0, 0.05) is 32.8 Å². The molecule has 1 saturated heterocycles. The van der Waals surface area contributed by atoms with Crippen LogP contribution in [0.1, 0.15) is 27.2 Å². The highest BCUT2D eigenvalue weighted by Crippen LogP contribution is 2.18. The van der Waals surface area contributed by atoms with E-state index in [0.29, 0.717) is 32.6 Å². The Kier molecular flexibility index (Phi) is 7.17. The molecule has 2 aliphatic heterocycles. The maximum atomic E-state index is 12.1. The van der Waals surface area contributed by atoms with E-state index in [9.17, 15) is 4.79 Å². The average molecular weight is 426 g/mol. The zero-order valence-corrected chi connectivity index (χ0v) is 15.9. The van der Waals surface area contributed by atoms with Gasteiger partial charge in [0.1, 0.15) is 5.60 Å². The summed E-state index contributed by atoms with van der Waals surface area (Å²) in [6.45, 7) is 9.27. The Labute approximate surface area is 149 Å². The first-order chi connectivity index (χ1) is 9.90. The van der Waals surface area contributed by atoms with Crippen molar-refractivity contribution in [2.75, 3.05) is 39.3 Å². The quantitative estimate of drug-likeness (QED) is 0.518. The Balaban J connectivity index is 0.00000242. The molecule has 1 unspecified atom stereocenters. The van der Waals surface area contributed by atoms with Crippen LogP contribution in [0.3, 0.4) is 0 Å². The van der Waals surface area contributed by atoms with Crippen LogP contribution in [0.5, 0.6) is 0 Å². The molecule has 0 aliphatic carbocycles. The molecule has 0 radical (unpaired) electrons. The zero-order valence-electron chi connectivity index (χ0n) is 13.5. The van der Waals surface area contributed by atoms with Crippen LogP contribution < -0.4 is 5.32 Å². The molecule has 2 N–H and O–H groups in total. The van der Waals surface area contributed by atoms with Crippen molar-refractivity contribution in [3.8, 4) is 0 Å². The van der Waals surface area contributed by atoms with E-state index in [1.54, 1.807) is 4.90 Å². The predicted octanol–water partition coefficient (Wildman–Crippen LogP) is 0.867. The van der Waals surface area contributed by atoms with Crippen molar-refractivity contribution in [1.82, 2.24) is 15.1 Å². The largest absolute Gasteiger partial charge is 0.444 e. The molecule has 1 amide bonds. The van der Waals surface area contributed by atoms with E-state index in [1.807, 2.05) is 20.8 Å². The second-order valence-corrected chi connectivity index (χ2v) is 6.44. The van der Waals surface area contributed by atoms with Crippen LogP contribution in [0.4, 0.5) is 4.79 Å². The molecule has 2 heterocycles. The molecule has 0 aromatic carbocycles. The fraction of sp³-hybridized carbons (Fsp3) is 0.857. The van der Waals surface area contributed by atoms with Gasteiger partial charge in [0.15, 0.2) is 5.96 Å². The zero-order chi connectivity index (χ0) is 15.5. The van der Waals surface area contributed by atoms with Gasteiger partial charge in [0.2, 0.25) is 0 Å². The fourth-order valence-electron chi connectivity index (χ4n) is 2.50. The van der Waals surface area contributed by atoms with Crippen molar-refractivity contribution in [2.24, 2.45) is 4.99 Å². The molecule has 0 saturated carbocycles. The van der Waals surface area contributed by atoms with Gasteiger partial charge in [0.25, 0.3) is 0 Å². The number of aliphatic hydroxyl groups excluding tert-OH is 1. The lowest BCUT2D eigenvalue weighted by Crippen LogP contribution is -2.57. The van der Waals surface area contributed by atoms with Crippen LogP contribution in [0, 0.1) is 0 Å². The first-order valence-corrected chi connectivity index (χ1v) is 7.54. The number of hydrogen-bond donors (Lipinski definition) is 2. The smallest absolute Gasteiger partial charge is 0.410 e. The van der Waals surface area contributed by atoms with E-state index in [-0.39, 0.29) is 42.7 Å². The number of ether oxygens (including phenoxy) is 1. The molecule has 1 atom stereocenters. The van der Waals surface area contributed by atoms with E-state index in [0.717, 1.165) is 12.5 Å². The van der Waals surface area contributed by atoms with E-state index < -0.39 is 5.60 Å². The number of carbonyl (C=O) groups excluding carboxylic acids is 1. The molecule has 128 valence electrons. The molecule has 2 aliphatic rings. The maximum absolute atomic E-state index is 12.1. The summed E-state index contributed by atoms with van der Waals surface area (Å²) in [5.41, 5.74) is -0.461. The van der Waals surface area contributed by atoms with Crippen molar-refractivity contribution in [1.29, 1.82) is 0 Å². The van der Waals surface area contributed by atoms with Crippen LogP contribution in [-0.2, 0) is 4.74 Å². The third-order valence-corrected chi connectivity index (χ3v) is 3.48. The molecule has 0 spiro atoms. The lowest BCUT2D eigenvalue weighted by molar-refractivity contribution is 0.0137. The van der Waals surface area contributed by atoms with Gasteiger partial charge in [-0.05, 0) is 27.2 Å². The number of guanidine groups is 1. The van der Waals surface area contributed by atoms with Crippen molar-refractivity contribution >= 4 is 36.0 Å². The summed E-state index contributed by atoms with van der Waals surface area (Å²) in [4.78, 5) is 20.6. The van der Waals surface area contributed by atoms with Gasteiger partial charge in [-0.25, -0.2) is 4.79 Å². The highest BCUT2D eigenvalue weighted by atomic mass is 127. The molecular formula is C14H27IN4O3. The Bertz CT molecular complexity index is 411. The number of hydrogen-bond acceptors (Lipinski definition) is 6. The summed E-state index contributed by atoms with van der Waals surface area (Å²) in [5.74, 6) is 0.886. The van der Waals surface area contributed by atoms with Crippen molar-refractivity contribution in [3.05, 3.63) is 0 Å². The first-order valence-electron chi connectivity index (χ1n) is 7.54. The molecular weight excluding hydrogens is 399 g/mol. The lowest BCUT2D eigenvalue weighted by Gasteiger charge is -2.39. The molecule has 2 rings (SSSR count). The first kappa shape index (κ1) is 19.3. The number of fused-ring (bicyclic) bond motifs is 1. The molecule has 1 fully saturated rings. The van der Waals surface area contributed by atoms with Gasteiger partial charge in [-0.15, -0.1) is 24.0 Å². The topological polar surface area (TPSA) is 77.4 Å². The summed E-state index contributed by atoms with van der Waals surface area (Å²) in [5, 5.41) is 12.1. The Hall–Kier alpha value is -0.770. The number of aliphatic imine (C=N–C) groups is 1. The number of amides is 1. The molecule has 0 aromatic heterocycles. The Morgan fingerprint density at radius 1 is 1.45 bits per heavy atom.